The van der Waals surface area contributed by atoms with Crippen molar-refractivity contribution in [3.05, 3.63) is 0 Å². The van der Waals surface area contributed by atoms with Crippen molar-refractivity contribution in [3.8, 4) is 0 Å². The second-order valence-electron chi connectivity index (χ2n) is 1.69. The Morgan fingerprint density at radius 1 is 1.75 bits per heavy atom. The minimum absolute atomic E-state index is 0.104. The highest BCUT2D eigenvalue weighted by Gasteiger charge is 2.39. The molecular weight excluding hydrogens is 108 g/mol. The zero-order chi connectivity index (χ0) is 6.15. The van der Waals surface area contributed by atoms with Crippen LogP contribution in [0.1, 0.15) is 0 Å². The van der Waals surface area contributed by atoms with Crippen molar-refractivity contribution < 1.29 is 4.79 Å². The summed E-state index contributed by atoms with van der Waals surface area (Å²) in [5.41, 5.74) is 7.23. The van der Waals surface area contributed by atoms with Gasteiger partial charge in [-0.2, -0.15) is 0 Å². The Kier molecular flexibility index (Phi) is 1.16. The fraction of sp³-hybridized carbons (Fsp3) is 0.667. The molecule has 5 nitrogen and oxygen atoms in total. The van der Waals surface area contributed by atoms with E-state index in [9.17, 15) is 4.79 Å². The molecule has 1 aliphatic heterocycles. The van der Waals surface area contributed by atoms with Crippen molar-refractivity contribution in [2.45, 2.75) is 12.2 Å². The number of amides is 1. The lowest BCUT2D eigenvalue weighted by Crippen LogP contribution is -2.31. The van der Waals surface area contributed by atoms with E-state index in [2.05, 4.69) is 10.7 Å². The number of hydrazine groups is 1. The predicted molar refractivity (Wildman–Crippen MR) is 27.2 cm³/mol. The van der Waals surface area contributed by atoms with Crippen LogP contribution in [0.2, 0.25) is 0 Å². The molecule has 2 atom stereocenters. The van der Waals surface area contributed by atoms with Gasteiger partial charge >= 0.3 is 0 Å². The zero-order valence-corrected chi connectivity index (χ0v) is 4.22. The van der Waals surface area contributed by atoms with E-state index in [1.54, 1.807) is 0 Å². The standard InChI is InChI=1S/C3H8N4O/c4-2(8)1-3(6-1)7-5/h1,3,6-7H,5H2,(H2,4,8)/t1-,3-/m0/s1. The van der Waals surface area contributed by atoms with Crippen LogP contribution in [0.15, 0.2) is 0 Å². The van der Waals surface area contributed by atoms with Crippen molar-refractivity contribution in [1.29, 1.82) is 0 Å². The van der Waals surface area contributed by atoms with Gasteiger partial charge in [0.15, 0.2) is 0 Å². The Morgan fingerprint density at radius 3 is 2.50 bits per heavy atom. The van der Waals surface area contributed by atoms with Crippen LogP contribution < -0.4 is 22.3 Å². The number of nitrogens with two attached hydrogens (primary N) is 2. The van der Waals surface area contributed by atoms with Crippen LogP contribution in [-0.4, -0.2) is 18.1 Å². The fourth-order valence-corrected chi connectivity index (χ4v) is 0.529. The van der Waals surface area contributed by atoms with Gasteiger partial charge in [-0.3, -0.25) is 16.0 Å². The quantitative estimate of drug-likeness (QED) is 0.178. The first kappa shape index (κ1) is 5.49. The minimum atomic E-state index is -0.368. The van der Waals surface area contributed by atoms with E-state index in [1.165, 1.54) is 0 Å². The maximum atomic E-state index is 10.2. The van der Waals surface area contributed by atoms with E-state index in [0.29, 0.717) is 0 Å². The molecule has 6 N–H and O–H groups in total. The first-order chi connectivity index (χ1) is 3.75. The van der Waals surface area contributed by atoms with Crippen LogP contribution in [0.5, 0.6) is 0 Å². The molecule has 0 spiro atoms. The van der Waals surface area contributed by atoms with E-state index in [-0.39, 0.29) is 18.1 Å². The Labute approximate surface area is 46.4 Å². The number of carbonyl (C=O) groups is 1. The first-order valence-electron chi connectivity index (χ1n) is 2.27. The smallest absolute Gasteiger partial charge is 0.237 e. The molecule has 0 saturated carbocycles. The van der Waals surface area contributed by atoms with Gasteiger partial charge in [-0.1, -0.05) is 0 Å². The number of primary amides is 1. The normalized spacial score (nSPS) is 34.6. The number of hydrogen-bond donors (Lipinski definition) is 4. The van der Waals surface area contributed by atoms with Gasteiger partial charge in [0.05, 0.1) is 6.17 Å². The molecule has 0 aromatic rings. The summed E-state index contributed by atoms with van der Waals surface area (Å²) in [6.07, 6.45) is -0.104. The topological polar surface area (TPSA) is 103 Å². The highest BCUT2D eigenvalue weighted by Crippen LogP contribution is 2.03. The van der Waals surface area contributed by atoms with E-state index in [4.69, 9.17) is 11.6 Å². The third-order valence-corrected chi connectivity index (χ3v) is 1.07. The van der Waals surface area contributed by atoms with E-state index < -0.39 is 0 Å². The molecule has 1 amide bonds. The van der Waals surface area contributed by atoms with Gasteiger partial charge in [-0.25, -0.2) is 5.43 Å². The van der Waals surface area contributed by atoms with Crippen molar-refractivity contribution >= 4 is 5.91 Å². The van der Waals surface area contributed by atoms with Crippen LogP contribution in [0, 0.1) is 0 Å². The monoisotopic (exact) mass is 116 g/mol. The lowest BCUT2D eigenvalue weighted by Gasteiger charge is -1.86. The van der Waals surface area contributed by atoms with Gasteiger partial charge < -0.3 is 5.73 Å². The SMILES string of the molecule is NN[C@@H]1N[C@H]1C(N)=O. The summed E-state index contributed by atoms with van der Waals surface area (Å²) < 4.78 is 0. The second-order valence-corrected chi connectivity index (χ2v) is 1.69. The number of rotatable bonds is 2. The molecule has 5 heteroatoms. The Bertz CT molecular complexity index is 114. The van der Waals surface area contributed by atoms with Gasteiger partial charge in [0.2, 0.25) is 5.91 Å². The summed E-state index contributed by atoms with van der Waals surface area (Å²) in [6, 6.07) is -0.264. The van der Waals surface area contributed by atoms with Crippen molar-refractivity contribution in [3.63, 3.8) is 0 Å². The number of hydrogen-bond acceptors (Lipinski definition) is 4. The van der Waals surface area contributed by atoms with Gasteiger partial charge in [0, 0.05) is 0 Å². The van der Waals surface area contributed by atoms with Gasteiger partial charge in [0.1, 0.15) is 6.04 Å². The van der Waals surface area contributed by atoms with Gasteiger partial charge in [-0.05, 0) is 0 Å². The molecule has 0 radical (unpaired) electrons. The Balaban J connectivity index is 2.26. The summed E-state index contributed by atoms with van der Waals surface area (Å²) in [5.74, 6) is 4.57. The largest absolute Gasteiger partial charge is 0.368 e. The molecular formula is C3H8N4O. The molecule has 1 aliphatic rings. The average molecular weight is 116 g/mol. The van der Waals surface area contributed by atoms with Crippen molar-refractivity contribution in [2.75, 3.05) is 0 Å². The molecule has 1 saturated heterocycles. The predicted octanol–water partition coefficient (Wildman–Crippen LogP) is -2.77. The Morgan fingerprint density at radius 2 is 2.38 bits per heavy atom. The minimum Gasteiger partial charge on any atom is -0.368 e. The maximum absolute atomic E-state index is 10.2. The molecule has 1 fully saturated rings. The van der Waals surface area contributed by atoms with Crippen LogP contribution in [0.25, 0.3) is 0 Å². The molecule has 0 aromatic heterocycles. The third-order valence-electron chi connectivity index (χ3n) is 1.07. The summed E-state index contributed by atoms with van der Waals surface area (Å²) in [7, 11) is 0. The molecule has 0 aromatic carbocycles. The van der Waals surface area contributed by atoms with Crippen molar-refractivity contribution in [1.82, 2.24) is 10.7 Å². The molecule has 8 heavy (non-hydrogen) atoms. The molecule has 1 heterocycles. The summed E-state index contributed by atoms with van der Waals surface area (Å²) >= 11 is 0. The van der Waals surface area contributed by atoms with Crippen LogP contribution >= 0.6 is 0 Å². The van der Waals surface area contributed by atoms with E-state index in [0.717, 1.165) is 0 Å². The summed E-state index contributed by atoms with van der Waals surface area (Å²) in [6.45, 7) is 0. The lowest BCUT2D eigenvalue weighted by molar-refractivity contribution is -0.117. The zero-order valence-electron chi connectivity index (χ0n) is 4.22. The van der Waals surface area contributed by atoms with Crippen molar-refractivity contribution in [2.24, 2.45) is 11.6 Å². The second kappa shape index (κ2) is 1.70. The molecule has 0 unspecified atom stereocenters. The summed E-state index contributed by atoms with van der Waals surface area (Å²) in [5, 5.41) is 2.71. The molecule has 0 aliphatic carbocycles. The third kappa shape index (κ3) is 0.786. The maximum Gasteiger partial charge on any atom is 0.237 e. The average Bonchev–Trinajstić information content (AvgIpc) is 2.42. The molecule has 0 bridgehead atoms. The summed E-state index contributed by atoms with van der Waals surface area (Å²) in [4.78, 5) is 10.2. The van der Waals surface area contributed by atoms with Gasteiger partial charge in [0.25, 0.3) is 0 Å². The van der Waals surface area contributed by atoms with E-state index >= 15 is 0 Å². The van der Waals surface area contributed by atoms with E-state index in [1.807, 2.05) is 0 Å². The number of carbonyl (C=O) groups excluding carboxylic acids is 1. The van der Waals surface area contributed by atoms with Crippen LogP contribution in [-0.2, 0) is 4.79 Å². The lowest BCUT2D eigenvalue weighted by atomic mass is 10.4. The fourth-order valence-electron chi connectivity index (χ4n) is 0.529. The highest BCUT2D eigenvalue weighted by molar-refractivity contribution is 5.83. The highest BCUT2D eigenvalue weighted by atomic mass is 16.1. The van der Waals surface area contributed by atoms with Gasteiger partial charge in [-0.15, -0.1) is 0 Å². The van der Waals surface area contributed by atoms with Crippen LogP contribution in [0.4, 0.5) is 0 Å². The molecule has 1 rings (SSSR count). The van der Waals surface area contributed by atoms with Crippen LogP contribution in [0.3, 0.4) is 0 Å². The first-order valence-corrected chi connectivity index (χ1v) is 2.27. The molecule has 46 valence electrons. The number of nitrogens with one attached hydrogen (secondary N) is 2. The Hall–Kier alpha value is -0.650.